The normalized spacial score (nSPS) is 10.5. The molecule has 3 rings (SSSR count). The van der Waals surface area contributed by atoms with E-state index in [1.54, 1.807) is 6.07 Å². The van der Waals surface area contributed by atoms with Crippen molar-refractivity contribution in [3.63, 3.8) is 0 Å². The first-order chi connectivity index (χ1) is 10.6. The predicted octanol–water partition coefficient (Wildman–Crippen LogP) is 1.19. The molecule has 22 heavy (non-hydrogen) atoms. The molecular formula is C13H11N7O2. The van der Waals surface area contributed by atoms with Crippen molar-refractivity contribution >= 4 is 11.9 Å². The molecule has 9 heteroatoms. The monoisotopic (exact) mass is 297 g/mol. The fourth-order valence-corrected chi connectivity index (χ4v) is 1.77. The van der Waals surface area contributed by atoms with Crippen LogP contribution in [-0.4, -0.2) is 36.0 Å². The second kappa shape index (κ2) is 5.64. The minimum Gasteiger partial charge on any atom is -0.328 e. The summed E-state index contributed by atoms with van der Waals surface area (Å²) in [4.78, 5) is 32.2. The Morgan fingerprint density at radius 2 is 1.91 bits per heavy atom. The van der Waals surface area contributed by atoms with Crippen molar-refractivity contribution in [2.24, 2.45) is 0 Å². The predicted molar refractivity (Wildman–Crippen MR) is 74.8 cm³/mol. The Morgan fingerprint density at radius 3 is 2.59 bits per heavy atom. The van der Waals surface area contributed by atoms with Crippen LogP contribution in [0.15, 0.2) is 29.2 Å². The second-order valence-electron chi connectivity index (χ2n) is 4.44. The van der Waals surface area contributed by atoms with Crippen LogP contribution in [0, 0.1) is 13.8 Å². The van der Waals surface area contributed by atoms with Gasteiger partial charge in [-0.05, 0) is 19.9 Å². The van der Waals surface area contributed by atoms with Crippen LogP contribution in [0.25, 0.3) is 11.5 Å². The lowest BCUT2D eigenvalue weighted by molar-refractivity contribution is 0.0980. The first kappa shape index (κ1) is 13.7. The molecule has 0 unspecified atom stereocenters. The molecule has 0 aliphatic rings. The molecule has 3 heterocycles. The number of aryl methyl sites for hydroxylation is 2. The highest BCUT2D eigenvalue weighted by Crippen LogP contribution is 2.12. The van der Waals surface area contributed by atoms with E-state index in [-0.39, 0.29) is 17.7 Å². The quantitative estimate of drug-likeness (QED) is 0.765. The van der Waals surface area contributed by atoms with Crippen molar-refractivity contribution in [1.29, 1.82) is 0 Å². The number of hydrogen-bond donors (Lipinski definition) is 1. The Hall–Kier alpha value is -3.23. The van der Waals surface area contributed by atoms with E-state index < -0.39 is 5.91 Å². The van der Waals surface area contributed by atoms with Crippen LogP contribution in [0.4, 0.5) is 5.95 Å². The van der Waals surface area contributed by atoms with Crippen LogP contribution >= 0.6 is 0 Å². The Labute approximate surface area is 124 Å². The lowest BCUT2D eigenvalue weighted by atomic mass is 10.4. The van der Waals surface area contributed by atoms with E-state index >= 15 is 0 Å². The molecule has 0 aromatic carbocycles. The number of anilines is 1. The zero-order chi connectivity index (χ0) is 15.5. The van der Waals surface area contributed by atoms with Gasteiger partial charge in [0, 0.05) is 23.8 Å². The standard InChI is InChI=1S/C13H11N7O2/c1-7-5-8(2)17-13(16-7)19-11(21)12-18-10(20-22-12)9-6-14-3-4-15-9/h3-6H,1-2H3,(H,16,17,19,21). The molecular weight excluding hydrogens is 286 g/mol. The number of aromatic nitrogens is 6. The molecule has 0 atom stereocenters. The summed E-state index contributed by atoms with van der Waals surface area (Å²) in [5, 5.41) is 6.21. The molecule has 0 radical (unpaired) electrons. The van der Waals surface area contributed by atoms with Crippen molar-refractivity contribution in [2.75, 3.05) is 5.32 Å². The first-order valence-corrected chi connectivity index (χ1v) is 6.35. The maximum Gasteiger partial charge on any atom is 0.316 e. The summed E-state index contributed by atoms with van der Waals surface area (Å²) in [7, 11) is 0. The average molecular weight is 297 g/mol. The number of amides is 1. The number of carbonyl (C=O) groups is 1. The van der Waals surface area contributed by atoms with Gasteiger partial charge in [-0.3, -0.25) is 15.1 Å². The number of hydrogen-bond acceptors (Lipinski definition) is 8. The van der Waals surface area contributed by atoms with E-state index in [9.17, 15) is 4.79 Å². The number of carbonyl (C=O) groups excluding carboxylic acids is 1. The lowest BCUT2D eigenvalue weighted by Crippen LogP contribution is -2.15. The van der Waals surface area contributed by atoms with E-state index in [2.05, 4.69) is 35.4 Å². The molecule has 0 aliphatic carbocycles. The molecule has 0 aliphatic heterocycles. The van der Waals surface area contributed by atoms with Crippen LogP contribution in [-0.2, 0) is 0 Å². The zero-order valence-electron chi connectivity index (χ0n) is 11.8. The van der Waals surface area contributed by atoms with Gasteiger partial charge in [0.1, 0.15) is 5.69 Å². The van der Waals surface area contributed by atoms with Crippen LogP contribution < -0.4 is 5.32 Å². The second-order valence-corrected chi connectivity index (χ2v) is 4.44. The zero-order valence-corrected chi connectivity index (χ0v) is 11.8. The maximum atomic E-state index is 12.1. The van der Waals surface area contributed by atoms with Crippen molar-refractivity contribution in [2.45, 2.75) is 13.8 Å². The fraction of sp³-hybridized carbons (Fsp3) is 0.154. The Morgan fingerprint density at radius 1 is 1.14 bits per heavy atom. The fourth-order valence-electron chi connectivity index (χ4n) is 1.77. The third-order valence-electron chi connectivity index (χ3n) is 2.62. The summed E-state index contributed by atoms with van der Waals surface area (Å²) < 4.78 is 4.92. The highest BCUT2D eigenvalue weighted by molar-refractivity contribution is 5.99. The van der Waals surface area contributed by atoms with Gasteiger partial charge in [-0.1, -0.05) is 5.16 Å². The number of nitrogens with one attached hydrogen (secondary N) is 1. The summed E-state index contributed by atoms with van der Waals surface area (Å²) in [6.45, 7) is 3.62. The molecule has 1 N–H and O–H groups in total. The van der Waals surface area contributed by atoms with Crippen molar-refractivity contribution in [1.82, 2.24) is 30.1 Å². The summed E-state index contributed by atoms with van der Waals surface area (Å²) in [5.41, 5.74) is 1.90. The topological polar surface area (TPSA) is 120 Å². The largest absolute Gasteiger partial charge is 0.328 e. The maximum absolute atomic E-state index is 12.1. The van der Waals surface area contributed by atoms with E-state index in [0.717, 1.165) is 11.4 Å². The van der Waals surface area contributed by atoms with Crippen molar-refractivity contribution in [3.05, 3.63) is 41.9 Å². The van der Waals surface area contributed by atoms with Crippen LogP contribution in [0.3, 0.4) is 0 Å². The van der Waals surface area contributed by atoms with Gasteiger partial charge < -0.3 is 4.52 Å². The first-order valence-electron chi connectivity index (χ1n) is 6.35. The smallest absolute Gasteiger partial charge is 0.316 e. The third-order valence-corrected chi connectivity index (χ3v) is 2.62. The van der Waals surface area contributed by atoms with Gasteiger partial charge in [-0.2, -0.15) is 4.98 Å². The van der Waals surface area contributed by atoms with Gasteiger partial charge in [0.15, 0.2) is 0 Å². The van der Waals surface area contributed by atoms with Crippen molar-refractivity contribution in [3.8, 4) is 11.5 Å². The van der Waals surface area contributed by atoms with Gasteiger partial charge in [-0.15, -0.1) is 0 Å². The van der Waals surface area contributed by atoms with Crippen molar-refractivity contribution < 1.29 is 9.32 Å². The van der Waals surface area contributed by atoms with E-state index in [1.165, 1.54) is 18.6 Å². The number of nitrogens with zero attached hydrogens (tertiary/aromatic N) is 6. The van der Waals surface area contributed by atoms with Crippen LogP contribution in [0.2, 0.25) is 0 Å². The lowest BCUT2D eigenvalue weighted by Gasteiger charge is -2.02. The van der Waals surface area contributed by atoms with E-state index in [1.807, 2.05) is 13.8 Å². The Balaban J connectivity index is 1.80. The number of rotatable bonds is 3. The summed E-state index contributed by atoms with van der Waals surface area (Å²) in [5.74, 6) is -0.433. The summed E-state index contributed by atoms with van der Waals surface area (Å²) in [6.07, 6.45) is 4.49. The molecule has 9 nitrogen and oxygen atoms in total. The van der Waals surface area contributed by atoms with E-state index in [0.29, 0.717) is 5.69 Å². The third kappa shape index (κ3) is 2.92. The minimum absolute atomic E-state index is 0.180. The van der Waals surface area contributed by atoms with Crippen LogP contribution in [0.1, 0.15) is 22.1 Å². The Bertz CT molecular complexity index is 796. The molecule has 0 saturated heterocycles. The van der Waals surface area contributed by atoms with Gasteiger partial charge in [0.05, 0.1) is 6.20 Å². The molecule has 3 aromatic heterocycles. The van der Waals surface area contributed by atoms with E-state index in [4.69, 9.17) is 4.52 Å². The molecule has 0 bridgehead atoms. The molecule has 3 aromatic rings. The average Bonchev–Trinajstić information content (AvgIpc) is 2.97. The minimum atomic E-state index is -0.590. The molecule has 1 amide bonds. The van der Waals surface area contributed by atoms with Gasteiger partial charge in [-0.25, -0.2) is 15.0 Å². The SMILES string of the molecule is Cc1cc(C)nc(NC(=O)c2nc(-c3cnccn3)no2)n1. The van der Waals surface area contributed by atoms with Gasteiger partial charge in [0.25, 0.3) is 0 Å². The highest BCUT2D eigenvalue weighted by atomic mass is 16.5. The molecule has 0 spiro atoms. The summed E-state index contributed by atoms with van der Waals surface area (Å²) in [6, 6.07) is 1.80. The molecule has 110 valence electrons. The van der Waals surface area contributed by atoms with Gasteiger partial charge >= 0.3 is 11.8 Å². The van der Waals surface area contributed by atoms with Crippen LogP contribution in [0.5, 0.6) is 0 Å². The summed E-state index contributed by atoms with van der Waals surface area (Å²) >= 11 is 0. The highest BCUT2D eigenvalue weighted by Gasteiger charge is 2.18. The molecule has 0 saturated carbocycles. The molecule has 0 fully saturated rings. The Kier molecular flexibility index (Phi) is 3.52. The van der Waals surface area contributed by atoms with Gasteiger partial charge in [0.2, 0.25) is 11.8 Å².